The maximum Gasteiger partial charge on any atom is 0.324 e. The van der Waals surface area contributed by atoms with Crippen LogP contribution in [-0.2, 0) is 9.53 Å². The minimum Gasteiger partial charge on any atom is -0.465 e. The van der Waals surface area contributed by atoms with Crippen molar-refractivity contribution in [3.8, 4) is 12.3 Å². The number of terminal acetylenes is 1. The summed E-state index contributed by atoms with van der Waals surface area (Å²) in [6.07, 6.45) is 8.47. The second kappa shape index (κ2) is 4.32. The van der Waals surface area contributed by atoms with E-state index in [1.807, 2.05) is 0 Å². The van der Waals surface area contributed by atoms with E-state index in [9.17, 15) is 4.79 Å². The van der Waals surface area contributed by atoms with Gasteiger partial charge < -0.3 is 4.74 Å². The first-order valence-electron chi connectivity index (χ1n) is 4.96. The summed E-state index contributed by atoms with van der Waals surface area (Å²) >= 11 is 0. The third-order valence-corrected chi connectivity index (χ3v) is 2.75. The van der Waals surface area contributed by atoms with Gasteiger partial charge in [0.25, 0.3) is 0 Å². The van der Waals surface area contributed by atoms with Crippen LogP contribution in [0.1, 0.15) is 32.6 Å². The van der Waals surface area contributed by atoms with E-state index in [1.54, 1.807) is 6.92 Å². The third kappa shape index (κ3) is 1.98. The molecule has 0 saturated heterocycles. The molecule has 1 fully saturated rings. The first kappa shape index (κ1) is 10.8. The van der Waals surface area contributed by atoms with Crippen molar-refractivity contribution in [1.29, 1.82) is 0 Å². The molecule has 0 aromatic carbocycles. The van der Waals surface area contributed by atoms with Crippen LogP contribution < -0.4 is 0 Å². The molecule has 0 radical (unpaired) electrons. The maximum atomic E-state index is 11.7. The van der Waals surface area contributed by atoms with Gasteiger partial charge in [-0.05, 0) is 32.6 Å². The highest BCUT2D eigenvalue weighted by molar-refractivity contribution is 5.80. The standard InChI is InChI=1S/C12H16O2/c1-4-12(11(13)14-5-2)8-6-10(3)7-9-12/h1H,3,5-9H2,2H3. The van der Waals surface area contributed by atoms with Crippen molar-refractivity contribution in [2.45, 2.75) is 32.6 Å². The lowest BCUT2D eigenvalue weighted by Crippen LogP contribution is -2.34. The van der Waals surface area contributed by atoms with Gasteiger partial charge in [0.2, 0.25) is 0 Å². The van der Waals surface area contributed by atoms with Crippen LogP contribution in [-0.4, -0.2) is 12.6 Å². The SMILES string of the molecule is C#CC1(C(=O)OCC)CCC(=C)CC1. The minimum absolute atomic E-state index is 0.241. The van der Waals surface area contributed by atoms with Crippen molar-refractivity contribution < 1.29 is 9.53 Å². The van der Waals surface area contributed by atoms with Crippen molar-refractivity contribution in [1.82, 2.24) is 0 Å². The van der Waals surface area contributed by atoms with Crippen LogP contribution in [0.4, 0.5) is 0 Å². The van der Waals surface area contributed by atoms with Crippen LogP contribution >= 0.6 is 0 Å². The fraction of sp³-hybridized carbons (Fsp3) is 0.583. The number of hydrogen-bond acceptors (Lipinski definition) is 2. The van der Waals surface area contributed by atoms with Crippen molar-refractivity contribution in [2.75, 3.05) is 6.61 Å². The number of rotatable bonds is 2. The van der Waals surface area contributed by atoms with Crippen LogP contribution in [0, 0.1) is 17.8 Å². The van der Waals surface area contributed by atoms with Gasteiger partial charge in [-0.15, -0.1) is 6.42 Å². The van der Waals surface area contributed by atoms with Gasteiger partial charge in [0, 0.05) is 0 Å². The quantitative estimate of drug-likeness (QED) is 0.381. The first-order valence-corrected chi connectivity index (χ1v) is 4.96. The zero-order valence-electron chi connectivity index (χ0n) is 8.64. The Balaban J connectivity index is 2.73. The van der Waals surface area contributed by atoms with Gasteiger partial charge in [0.05, 0.1) is 6.61 Å². The summed E-state index contributed by atoms with van der Waals surface area (Å²) in [5.74, 6) is 2.37. The number of carbonyl (C=O) groups is 1. The van der Waals surface area contributed by atoms with Crippen LogP contribution in [0.15, 0.2) is 12.2 Å². The average Bonchev–Trinajstić information content (AvgIpc) is 2.20. The molecule has 0 aromatic rings. The Morgan fingerprint density at radius 1 is 1.64 bits per heavy atom. The van der Waals surface area contributed by atoms with Gasteiger partial charge in [-0.1, -0.05) is 18.1 Å². The second-order valence-corrected chi connectivity index (χ2v) is 3.70. The van der Waals surface area contributed by atoms with E-state index >= 15 is 0 Å². The van der Waals surface area contributed by atoms with E-state index < -0.39 is 5.41 Å². The lowest BCUT2D eigenvalue weighted by Gasteiger charge is -2.30. The molecule has 0 bridgehead atoms. The van der Waals surface area contributed by atoms with E-state index in [0.29, 0.717) is 19.4 Å². The molecule has 0 atom stereocenters. The number of carbonyl (C=O) groups excluding carboxylic acids is 1. The number of allylic oxidation sites excluding steroid dienone is 1. The van der Waals surface area contributed by atoms with Crippen molar-refractivity contribution in [2.24, 2.45) is 5.41 Å². The van der Waals surface area contributed by atoms with Crippen molar-refractivity contribution in [3.05, 3.63) is 12.2 Å². The minimum atomic E-state index is -0.683. The molecule has 0 unspecified atom stereocenters. The fourth-order valence-corrected chi connectivity index (χ4v) is 1.71. The van der Waals surface area contributed by atoms with Gasteiger partial charge in [0.1, 0.15) is 5.41 Å². The van der Waals surface area contributed by atoms with Gasteiger partial charge in [-0.3, -0.25) is 4.79 Å². The lowest BCUT2D eigenvalue weighted by molar-refractivity contribution is -0.153. The van der Waals surface area contributed by atoms with Crippen LogP contribution in [0.2, 0.25) is 0 Å². The Morgan fingerprint density at radius 3 is 2.64 bits per heavy atom. The summed E-state index contributed by atoms with van der Waals surface area (Å²) in [5.41, 5.74) is 0.497. The third-order valence-electron chi connectivity index (χ3n) is 2.75. The summed E-state index contributed by atoms with van der Waals surface area (Å²) in [6.45, 7) is 6.09. The molecule has 1 rings (SSSR count). The van der Waals surface area contributed by atoms with Crippen LogP contribution in [0.5, 0.6) is 0 Å². The fourth-order valence-electron chi connectivity index (χ4n) is 1.71. The zero-order valence-corrected chi connectivity index (χ0v) is 8.64. The predicted octanol–water partition coefficient (Wildman–Crippen LogP) is 2.30. The largest absolute Gasteiger partial charge is 0.465 e. The molecule has 76 valence electrons. The van der Waals surface area contributed by atoms with Crippen LogP contribution in [0.3, 0.4) is 0 Å². The molecule has 1 aliphatic rings. The molecule has 0 spiro atoms. The molecule has 1 aliphatic carbocycles. The Hall–Kier alpha value is -1.23. The topological polar surface area (TPSA) is 26.3 Å². The Bertz CT molecular complexity index is 273. The van der Waals surface area contributed by atoms with E-state index in [2.05, 4.69) is 12.5 Å². The highest BCUT2D eigenvalue weighted by Crippen LogP contribution is 2.38. The lowest BCUT2D eigenvalue weighted by atomic mass is 9.73. The molecule has 0 N–H and O–H groups in total. The Kier molecular flexibility index (Phi) is 3.35. The number of esters is 1. The Labute approximate surface area is 85.3 Å². The second-order valence-electron chi connectivity index (χ2n) is 3.70. The van der Waals surface area contributed by atoms with E-state index in [1.165, 1.54) is 5.57 Å². The molecular weight excluding hydrogens is 176 g/mol. The smallest absolute Gasteiger partial charge is 0.324 e. The highest BCUT2D eigenvalue weighted by atomic mass is 16.5. The molecule has 2 nitrogen and oxygen atoms in total. The molecule has 0 heterocycles. The average molecular weight is 192 g/mol. The van der Waals surface area contributed by atoms with E-state index in [4.69, 9.17) is 11.2 Å². The molecule has 0 aromatic heterocycles. The summed E-state index contributed by atoms with van der Waals surface area (Å²) in [6, 6.07) is 0. The molecule has 14 heavy (non-hydrogen) atoms. The van der Waals surface area contributed by atoms with Gasteiger partial charge in [-0.25, -0.2) is 0 Å². The Morgan fingerprint density at radius 2 is 2.21 bits per heavy atom. The summed E-state index contributed by atoms with van der Waals surface area (Å²) < 4.78 is 5.00. The first-order chi connectivity index (χ1) is 6.64. The summed E-state index contributed by atoms with van der Waals surface area (Å²) in [7, 11) is 0. The van der Waals surface area contributed by atoms with Gasteiger partial charge >= 0.3 is 5.97 Å². The zero-order chi connectivity index (χ0) is 10.6. The predicted molar refractivity (Wildman–Crippen MR) is 55.5 cm³/mol. The van der Waals surface area contributed by atoms with E-state index in [0.717, 1.165) is 12.8 Å². The highest BCUT2D eigenvalue weighted by Gasteiger charge is 2.39. The molecular formula is C12H16O2. The van der Waals surface area contributed by atoms with Crippen molar-refractivity contribution in [3.63, 3.8) is 0 Å². The van der Waals surface area contributed by atoms with Gasteiger partial charge in [-0.2, -0.15) is 0 Å². The molecule has 2 heteroatoms. The van der Waals surface area contributed by atoms with Crippen LogP contribution in [0.25, 0.3) is 0 Å². The monoisotopic (exact) mass is 192 g/mol. The summed E-state index contributed by atoms with van der Waals surface area (Å²) in [4.78, 5) is 11.7. The van der Waals surface area contributed by atoms with Crippen molar-refractivity contribution >= 4 is 5.97 Å². The molecule has 0 amide bonds. The normalized spacial score (nSPS) is 19.9. The molecule has 0 aliphatic heterocycles. The molecule has 1 saturated carbocycles. The van der Waals surface area contributed by atoms with E-state index in [-0.39, 0.29) is 5.97 Å². The maximum absolute atomic E-state index is 11.7. The number of hydrogen-bond donors (Lipinski definition) is 0. The van der Waals surface area contributed by atoms with Gasteiger partial charge in [0.15, 0.2) is 0 Å². The number of ether oxygens (including phenoxy) is 1. The summed E-state index contributed by atoms with van der Waals surface area (Å²) in [5, 5.41) is 0.